The molecule has 0 aliphatic heterocycles. The number of carboxylic acid groups (broad SMARTS) is 1. The zero-order valence-electron chi connectivity index (χ0n) is 10.8. The Morgan fingerprint density at radius 3 is 2.36 bits per heavy atom. The smallest absolute Gasteiger partial charge is 0.434 e. The van der Waals surface area contributed by atoms with Gasteiger partial charge < -0.3 is 15.3 Å². The van der Waals surface area contributed by atoms with Crippen LogP contribution in [0.4, 0.5) is 13.2 Å². The van der Waals surface area contributed by atoms with E-state index < -0.39 is 53.4 Å². The van der Waals surface area contributed by atoms with Crippen LogP contribution in [0.1, 0.15) is 12.1 Å². The fourth-order valence-electron chi connectivity index (χ4n) is 1.94. The minimum absolute atomic E-state index is 0.371. The summed E-state index contributed by atoms with van der Waals surface area (Å²) in [5.41, 5.74) is -3.19. The second-order valence-corrected chi connectivity index (χ2v) is 4.39. The molecular weight excluding hydrogens is 309 g/mol. The van der Waals surface area contributed by atoms with E-state index in [0.717, 1.165) is 6.07 Å². The minimum Gasteiger partial charge on any atom is -0.504 e. The first-order valence-corrected chi connectivity index (χ1v) is 5.86. The van der Waals surface area contributed by atoms with Crippen LogP contribution in [0, 0.1) is 0 Å². The number of aryl methyl sites for hydroxylation is 1. The van der Waals surface area contributed by atoms with Crippen LogP contribution in [-0.2, 0) is 17.5 Å². The van der Waals surface area contributed by atoms with Crippen LogP contribution in [-0.4, -0.2) is 30.8 Å². The summed E-state index contributed by atoms with van der Waals surface area (Å²) >= 11 is 0. The molecule has 0 atom stereocenters. The van der Waals surface area contributed by atoms with Crippen molar-refractivity contribution < 1.29 is 33.3 Å². The average molecular weight is 318 g/mol. The third-order valence-electron chi connectivity index (χ3n) is 2.89. The van der Waals surface area contributed by atoms with E-state index in [1.807, 2.05) is 0 Å². The number of phenolic OH excluding ortho intramolecular Hbond substituents is 2. The summed E-state index contributed by atoms with van der Waals surface area (Å²) in [5, 5.41) is 26.8. The fraction of sp³-hybridized carbons (Fsp3) is 0.250. The predicted molar refractivity (Wildman–Crippen MR) is 66.6 cm³/mol. The number of aromatic nitrogens is 2. The van der Waals surface area contributed by atoms with Gasteiger partial charge in [-0.05, 0) is 6.07 Å². The molecule has 0 radical (unpaired) electrons. The molecule has 118 valence electrons. The second-order valence-electron chi connectivity index (χ2n) is 4.39. The lowest BCUT2D eigenvalue weighted by molar-refractivity contribution is -0.140. The predicted octanol–water partition coefficient (Wildman–Crippen LogP) is 1.30. The highest BCUT2D eigenvalue weighted by Crippen LogP contribution is 2.36. The maximum atomic E-state index is 12.9. The molecular formula is C12H9F3N2O5. The van der Waals surface area contributed by atoms with Gasteiger partial charge in [0.1, 0.15) is 0 Å². The van der Waals surface area contributed by atoms with Crippen molar-refractivity contribution in [1.29, 1.82) is 0 Å². The number of aliphatic carboxylic acids is 1. The normalized spacial score (nSPS) is 11.8. The largest absolute Gasteiger partial charge is 0.504 e. The lowest BCUT2D eigenvalue weighted by Gasteiger charge is -2.14. The molecule has 1 aromatic heterocycles. The number of fused-ring (bicyclic) bond motifs is 1. The molecule has 2 aromatic rings. The topological polar surface area (TPSA) is 113 Å². The Labute approximate surface area is 119 Å². The van der Waals surface area contributed by atoms with Crippen molar-refractivity contribution in [2.45, 2.75) is 19.1 Å². The van der Waals surface area contributed by atoms with Crippen LogP contribution in [0.25, 0.3) is 10.9 Å². The van der Waals surface area contributed by atoms with E-state index in [0.29, 0.717) is 10.6 Å². The van der Waals surface area contributed by atoms with Gasteiger partial charge in [0, 0.05) is 18.0 Å². The van der Waals surface area contributed by atoms with E-state index in [9.17, 15) is 33.0 Å². The van der Waals surface area contributed by atoms with Gasteiger partial charge in [0.2, 0.25) is 0 Å². The number of hydrogen-bond acceptors (Lipinski definition) is 5. The standard InChI is InChI=1S/C12H9F3N2O5/c13-12(14,15)10-5-3-7(18)8(19)4-6(5)17(11(22)16-10)2-1-9(20)21/h3-4,18-19H,1-2H2,(H,20,21). The SMILES string of the molecule is O=C(O)CCn1c(=O)nc(C(F)(F)F)c2cc(O)c(O)cc21. The Kier molecular flexibility index (Phi) is 3.69. The molecule has 3 N–H and O–H groups in total. The Bertz CT molecular complexity index is 813. The van der Waals surface area contributed by atoms with Crippen LogP contribution >= 0.6 is 0 Å². The van der Waals surface area contributed by atoms with E-state index >= 15 is 0 Å². The molecule has 1 aromatic carbocycles. The lowest BCUT2D eigenvalue weighted by atomic mass is 10.1. The molecule has 0 saturated carbocycles. The maximum Gasteiger partial charge on any atom is 0.434 e. The molecule has 2 rings (SSSR count). The highest BCUT2D eigenvalue weighted by atomic mass is 19.4. The van der Waals surface area contributed by atoms with Crippen molar-refractivity contribution in [2.75, 3.05) is 0 Å². The number of aromatic hydroxyl groups is 2. The van der Waals surface area contributed by atoms with Gasteiger partial charge >= 0.3 is 17.8 Å². The Hall–Kier alpha value is -2.78. The van der Waals surface area contributed by atoms with Crippen molar-refractivity contribution in [3.8, 4) is 11.5 Å². The van der Waals surface area contributed by atoms with Crippen molar-refractivity contribution in [1.82, 2.24) is 9.55 Å². The van der Waals surface area contributed by atoms with E-state index in [1.54, 1.807) is 0 Å². The highest BCUT2D eigenvalue weighted by Gasteiger charge is 2.36. The molecule has 0 amide bonds. The summed E-state index contributed by atoms with van der Waals surface area (Å²) in [4.78, 5) is 25.2. The van der Waals surface area contributed by atoms with Crippen molar-refractivity contribution in [2.24, 2.45) is 0 Å². The van der Waals surface area contributed by atoms with E-state index in [1.165, 1.54) is 0 Å². The molecule has 0 saturated heterocycles. The summed E-state index contributed by atoms with van der Waals surface area (Å²) in [6, 6.07) is 1.38. The Balaban J connectivity index is 2.82. The number of carboxylic acids is 1. The number of hydrogen-bond donors (Lipinski definition) is 3. The lowest BCUT2D eigenvalue weighted by Crippen LogP contribution is -2.28. The van der Waals surface area contributed by atoms with E-state index in [4.69, 9.17) is 5.11 Å². The van der Waals surface area contributed by atoms with Gasteiger partial charge in [-0.15, -0.1) is 0 Å². The summed E-state index contributed by atoms with van der Waals surface area (Å²) in [6.07, 6.45) is -5.48. The van der Waals surface area contributed by atoms with Crippen LogP contribution in [0.3, 0.4) is 0 Å². The molecule has 7 nitrogen and oxygen atoms in total. The molecule has 0 spiro atoms. The van der Waals surface area contributed by atoms with Crippen LogP contribution in [0.5, 0.6) is 11.5 Å². The quantitative estimate of drug-likeness (QED) is 0.735. The molecule has 22 heavy (non-hydrogen) atoms. The molecule has 0 aliphatic carbocycles. The zero-order valence-corrected chi connectivity index (χ0v) is 10.8. The van der Waals surface area contributed by atoms with Gasteiger partial charge in [-0.3, -0.25) is 9.36 Å². The van der Waals surface area contributed by atoms with Crippen LogP contribution < -0.4 is 5.69 Å². The first-order valence-electron chi connectivity index (χ1n) is 5.86. The molecule has 0 bridgehead atoms. The van der Waals surface area contributed by atoms with Gasteiger partial charge in [-0.1, -0.05) is 0 Å². The van der Waals surface area contributed by atoms with Gasteiger partial charge in [0.25, 0.3) is 0 Å². The number of benzene rings is 1. The van der Waals surface area contributed by atoms with Crippen molar-refractivity contribution >= 4 is 16.9 Å². The zero-order chi connectivity index (χ0) is 16.7. The maximum absolute atomic E-state index is 12.9. The van der Waals surface area contributed by atoms with Crippen LogP contribution in [0.2, 0.25) is 0 Å². The Morgan fingerprint density at radius 2 is 1.82 bits per heavy atom. The highest BCUT2D eigenvalue weighted by molar-refractivity contribution is 5.85. The van der Waals surface area contributed by atoms with E-state index in [2.05, 4.69) is 4.98 Å². The molecule has 0 aliphatic rings. The fourth-order valence-corrected chi connectivity index (χ4v) is 1.94. The number of nitrogens with zero attached hydrogens (tertiary/aromatic N) is 2. The molecule has 0 fully saturated rings. The molecule has 0 unspecified atom stereocenters. The number of halogens is 3. The summed E-state index contributed by atoms with van der Waals surface area (Å²) in [5.74, 6) is -2.82. The van der Waals surface area contributed by atoms with Gasteiger partial charge in [-0.25, -0.2) is 4.79 Å². The minimum atomic E-state index is -4.95. The van der Waals surface area contributed by atoms with E-state index in [-0.39, 0.29) is 5.52 Å². The monoisotopic (exact) mass is 318 g/mol. The van der Waals surface area contributed by atoms with Crippen molar-refractivity contribution in [3.05, 3.63) is 28.3 Å². The third kappa shape index (κ3) is 2.80. The van der Waals surface area contributed by atoms with Crippen LogP contribution in [0.15, 0.2) is 16.9 Å². The first kappa shape index (κ1) is 15.6. The summed E-state index contributed by atoms with van der Waals surface area (Å²) in [7, 11) is 0. The third-order valence-corrected chi connectivity index (χ3v) is 2.89. The van der Waals surface area contributed by atoms with Gasteiger partial charge in [-0.2, -0.15) is 18.2 Å². The summed E-state index contributed by atoms with van der Waals surface area (Å²) in [6.45, 7) is -0.431. The van der Waals surface area contributed by atoms with Gasteiger partial charge in [0.15, 0.2) is 17.2 Å². The molecule has 10 heteroatoms. The number of phenols is 2. The second kappa shape index (κ2) is 5.20. The van der Waals surface area contributed by atoms with Crippen molar-refractivity contribution in [3.63, 3.8) is 0 Å². The first-order chi connectivity index (χ1) is 10.1. The van der Waals surface area contributed by atoms with Gasteiger partial charge in [0.05, 0.1) is 11.9 Å². The average Bonchev–Trinajstić information content (AvgIpc) is 2.37. The molecule has 1 heterocycles. The number of rotatable bonds is 3. The number of carbonyl (C=O) groups is 1. The Morgan fingerprint density at radius 1 is 1.23 bits per heavy atom. The number of alkyl halides is 3. The summed E-state index contributed by atoms with van der Waals surface area (Å²) < 4.78 is 39.5.